The van der Waals surface area contributed by atoms with Gasteiger partial charge in [-0.25, -0.2) is 8.42 Å². The summed E-state index contributed by atoms with van der Waals surface area (Å²) in [6.07, 6.45) is 1.20. The lowest BCUT2D eigenvalue weighted by atomic mass is 10.2. The third-order valence-electron chi connectivity index (χ3n) is 1.55. The van der Waals surface area contributed by atoms with E-state index >= 15 is 0 Å². The number of rotatable bonds is 2. The Morgan fingerprint density at radius 1 is 1.38 bits per heavy atom. The van der Waals surface area contributed by atoms with Gasteiger partial charge in [0.05, 0.1) is 4.90 Å². The molecule has 0 aliphatic rings. The van der Waals surface area contributed by atoms with Crippen molar-refractivity contribution in [3.63, 3.8) is 0 Å². The molecule has 0 amide bonds. The minimum absolute atomic E-state index is 0.337. The molecule has 0 aromatic heterocycles. The summed E-state index contributed by atoms with van der Waals surface area (Å²) in [6.45, 7) is 0. The van der Waals surface area contributed by atoms with E-state index in [1.165, 1.54) is 6.26 Å². The molecule has 13 heavy (non-hydrogen) atoms. The van der Waals surface area contributed by atoms with Crippen LogP contribution in [-0.2, 0) is 15.2 Å². The quantitative estimate of drug-likeness (QED) is 0.783. The van der Waals surface area contributed by atoms with E-state index in [1.54, 1.807) is 12.1 Å². The van der Waals surface area contributed by atoms with E-state index in [9.17, 15) is 8.42 Å². The van der Waals surface area contributed by atoms with Gasteiger partial charge in [-0.3, -0.25) is 0 Å². The zero-order chi connectivity index (χ0) is 10.1. The molecule has 0 aliphatic heterocycles. The molecule has 0 bridgehead atoms. The molecular weight excluding hydrogens is 320 g/mol. The predicted molar refractivity (Wildman–Crippen MR) is 59.9 cm³/mol. The number of hydrogen-bond donors (Lipinski definition) is 0. The molecule has 1 rings (SSSR count). The predicted octanol–water partition coefficient (Wildman–Crippen LogP) is 2.75. The van der Waals surface area contributed by atoms with Crippen molar-refractivity contribution in [1.29, 1.82) is 0 Å². The number of halogens is 2. The van der Waals surface area contributed by atoms with Crippen molar-refractivity contribution in [2.45, 2.75) is 10.2 Å². The van der Waals surface area contributed by atoms with Gasteiger partial charge in [0.2, 0.25) is 0 Å². The first-order valence-corrected chi connectivity index (χ1v) is 7.30. The monoisotopic (exact) mass is 326 g/mol. The fraction of sp³-hybridized carbons (Fsp3) is 0.250. The number of alkyl halides is 1. The Labute approximate surface area is 94.5 Å². The van der Waals surface area contributed by atoms with Crippen molar-refractivity contribution < 1.29 is 8.42 Å². The Balaban J connectivity index is 3.36. The van der Waals surface area contributed by atoms with Gasteiger partial charge in [0.15, 0.2) is 9.84 Å². The molecule has 2 nitrogen and oxygen atoms in total. The fourth-order valence-corrected chi connectivity index (χ4v) is 3.18. The molecule has 0 spiro atoms. The second-order valence-electron chi connectivity index (χ2n) is 2.67. The summed E-state index contributed by atoms with van der Waals surface area (Å²) in [7, 11) is -3.13. The molecule has 0 N–H and O–H groups in total. The first-order valence-electron chi connectivity index (χ1n) is 3.49. The number of sulfone groups is 1. The highest BCUT2D eigenvalue weighted by molar-refractivity contribution is 9.10. The SMILES string of the molecule is CS(=O)(=O)c1cc(CBr)ccc1Br. The summed E-state index contributed by atoms with van der Waals surface area (Å²) in [6, 6.07) is 5.27. The van der Waals surface area contributed by atoms with E-state index in [0.29, 0.717) is 14.7 Å². The van der Waals surface area contributed by atoms with E-state index in [2.05, 4.69) is 31.9 Å². The Bertz CT molecular complexity index is 412. The van der Waals surface area contributed by atoms with Gasteiger partial charge < -0.3 is 0 Å². The molecule has 0 unspecified atom stereocenters. The van der Waals surface area contributed by atoms with Crippen LogP contribution in [0.5, 0.6) is 0 Å². The van der Waals surface area contributed by atoms with Crippen LogP contribution in [0.4, 0.5) is 0 Å². The van der Waals surface area contributed by atoms with E-state index in [1.807, 2.05) is 6.07 Å². The third-order valence-corrected chi connectivity index (χ3v) is 4.29. The number of hydrogen-bond acceptors (Lipinski definition) is 2. The molecule has 0 fully saturated rings. The van der Waals surface area contributed by atoms with E-state index in [0.717, 1.165) is 5.56 Å². The average molecular weight is 328 g/mol. The summed E-state index contributed by atoms with van der Waals surface area (Å²) in [4.78, 5) is 0.337. The van der Waals surface area contributed by atoms with Gasteiger partial charge in [0, 0.05) is 16.1 Å². The summed E-state index contributed by atoms with van der Waals surface area (Å²) in [5.74, 6) is 0. The Morgan fingerprint density at radius 3 is 2.46 bits per heavy atom. The average Bonchev–Trinajstić information content (AvgIpc) is 2.03. The van der Waals surface area contributed by atoms with Crippen LogP contribution in [0.2, 0.25) is 0 Å². The molecule has 0 heterocycles. The van der Waals surface area contributed by atoms with Crippen LogP contribution < -0.4 is 0 Å². The molecule has 0 saturated carbocycles. The lowest BCUT2D eigenvalue weighted by molar-refractivity contribution is 0.601. The molecule has 0 aliphatic carbocycles. The largest absolute Gasteiger partial charge is 0.224 e. The molecule has 0 saturated heterocycles. The van der Waals surface area contributed by atoms with Gasteiger partial charge >= 0.3 is 0 Å². The van der Waals surface area contributed by atoms with Crippen molar-refractivity contribution in [2.24, 2.45) is 0 Å². The zero-order valence-electron chi connectivity index (χ0n) is 6.92. The Morgan fingerprint density at radius 2 is 2.00 bits per heavy atom. The smallest absolute Gasteiger partial charge is 0.176 e. The van der Waals surface area contributed by atoms with E-state index in [-0.39, 0.29) is 0 Å². The Hall–Kier alpha value is 0.130. The van der Waals surface area contributed by atoms with Gasteiger partial charge in [-0.15, -0.1) is 0 Å². The molecular formula is C8H8Br2O2S. The normalized spacial score (nSPS) is 11.6. The van der Waals surface area contributed by atoms with Crippen molar-refractivity contribution in [1.82, 2.24) is 0 Å². The van der Waals surface area contributed by atoms with Crippen LogP contribution in [0.15, 0.2) is 27.6 Å². The van der Waals surface area contributed by atoms with Gasteiger partial charge in [0.1, 0.15) is 0 Å². The highest BCUT2D eigenvalue weighted by Crippen LogP contribution is 2.23. The lowest BCUT2D eigenvalue weighted by Crippen LogP contribution is -1.98. The van der Waals surface area contributed by atoms with Crippen LogP contribution in [0.1, 0.15) is 5.56 Å². The topological polar surface area (TPSA) is 34.1 Å². The van der Waals surface area contributed by atoms with E-state index in [4.69, 9.17) is 0 Å². The Kier molecular flexibility index (Phi) is 3.54. The summed E-state index contributed by atoms with van der Waals surface area (Å²) in [5, 5.41) is 0.656. The van der Waals surface area contributed by atoms with Crippen LogP contribution in [-0.4, -0.2) is 14.7 Å². The second-order valence-corrected chi connectivity index (χ2v) is 6.07. The maximum Gasteiger partial charge on any atom is 0.176 e. The molecule has 72 valence electrons. The van der Waals surface area contributed by atoms with Gasteiger partial charge in [-0.05, 0) is 33.6 Å². The maximum absolute atomic E-state index is 11.3. The minimum Gasteiger partial charge on any atom is -0.224 e. The van der Waals surface area contributed by atoms with Crippen molar-refractivity contribution >= 4 is 41.7 Å². The van der Waals surface area contributed by atoms with Gasteiger partial charge in [0.25, 0.3) is 0 Å². The second kappa shape index (κ2) is 4.11. The molecule has 1 aromatic carbocycles. The first kappa shape index (κ1) is 11.2. The zero-order valence-corrected chi connectivity index (χ0v) is 10.9. The van der Waals surface area contributed by atoms with Gasteiger partial charge in [-0.1, -0.05) is 22.0 Å². The highest BCUT2D eigenvalue weighted by Gasteiger charge is 2.11. The molecule has 1 aromatic rings. The highest BCUT2D eigenvalue weighted by atomic mass is 79.9. The molecule has 0 atom stereocenters. The summed E-state index contributed by atoms with van der Waals surface area (Å²) < 4.78 is 23.2. The lowest BCUT2D eigenvalue weighted by Gasteiger charge is -2.03. The van der Waals surface area contributed by atoms with Gasteiger partial charge in [-0.2, -0.15) is 0 Å². The third kappa shape index (κ3) is 2.79. The summed E-state index contributed by atoms with van der Waals surface area (Å²) in [5.41, 5.74) is 0.948. The van der Waals surface area contributed by atoms with Crippen LogP contribution in [0.25, 0.3) is 0 Å². The van der Waals surface area contributed by atoms with Crippen LogP contribution >= 0.6 is 31.9 Å². The summed E-state index contributed by atoms with van der Waals surface area (Å²) >= 11 is 6.47. The van der Waals surface area contributed by atoms with Crippen LogP contribution in [0.3, 0.4) is 0 Å². The standard InChI is InChI=1S/C8H8Br2O2S/c1-13(11,12)8-4-6(5-9)2-3-7(8)10/h2-4H,5H2,1H3. The van der Waals surface area contributed by atoms with Crippen LogP contribution in [0, 0.1) is 0 Å². The fourth-order valence-electron chi connectivity index (χ4n) is 0.915. The van der Waals surface area contributed by atoms with Crippen molar-refractivity contribution in [2.75, 3.05) is 6.26 Å². The number of benzene rings is 1. The minimum atomic E-state index is -3.13. The van der Waals surface area contributed by atoms with Crippen molar-refractivity contribution in [3.05, 3.63) is 28.2 Å². The van der Waals surface area contributed by atoms with E-state index < -0.39 is 9.84 Å². The molecule has 0 radical (unpaired) electrons. The molecule has 5 heteroatoms. The first-order chi connectivity index (χ1) is 5.95. The maximum atomic E-state index is 11.3. The van der Waals surface area contributed by atoms with Crippen molar-refractivity contribution in [3.8, 4) is 0 Å².